The first-order valence-corrected chi connectivity index (χ1v) is 7.04. The molecule has 1 aliphatic rings. The Hall–Kier alpha value is -1.60. The molecule has 0 bridgehead atoms. The summed E-state index contributed by atoms with van der Waals surface area (Å²) in [4.78, 5) is 16.1. The number of aromatic nitrogens is 1. The van der Waals surface area contributed by atoms with E-state index in [1.807, 2.05) is 18.0 Å². The number of hydrogen-bond donors (Lipinski definition) is 0. The summed E-state index contributed by atoms with van der Waals surface area (Å²) in [6, 6.07) is 4.59. The van der Waals surface area contributed by atoms with Crippen LogP contribution < -0.4 is 5.49 Å². The zero-order chi connectivity index (χ0) is 16.3. The monoisotopic (exact) mass is 333 g/mol. The molecule has 0 N–H and O–H groups in total. The highest BCUT2D eigenvalue weighted by atomic mass is 35.5. The number of rotatable bonds is 2. The van der Waals surface area contributed by atoms with E-state index in [0.29, 0.717) is 19.5 Å². The molecule has 1 atom stereocenters. The maximum absolute atomic E-state index is 12.3. The maximum atomic E-state index is 12.3. The summed E-state index contributed by atoms with van der Waals surface area (Å²) in [5.74, 6) is -2.11. The predicted octanol–water partition coefficient (Wildman–Crippen LogP) is 2.30. The van der Waals surface area contributed by atoms with E-state index < -0.39 is 12.1 Å². The third-order valence-electron chi connectivity index (χ3n) is 3.28. The van der Waals surface area contributed by atoms with Crippen molar-refractivity contribution >= 4 is 17.5 Å². The standard InChI is InChI=1S/C14H15ClF3N3O/c1-20-8-10(5-6-11(20)15)9-21-7-3-2-4-12(21)19-13(22)14(16,17)18/h2-5,7,11H,6,8-9H2,1H3/b19-12+. The van der Waals surface area contributed by atoms with Crippen LogP contribution in [0, 0.1) is 0 Å². The van der Waals surface area contributed by atoms with Crippen LogP contribution in [0.25, 0.3) is 0 Å². The van der Waals surface area contributed by atoms with Crippen molar-refractivity contribution in [2.45, 2.75) is 24.6 Å². The average molecular weight is 334 g/mol. The van der Waals surface area contributed by atoms with Crippen LogP contribution in [-0.4, -0.2) is 40.6 Å². The number of carbonyl (C=O) groups is 1. The molecule has 0 fully saturated rings. The van der Waals surface area contributed by atoms with Crippen molar-refractivity contribution in [3.05, 3.63) is 41.5 Å². The van der Waals surface area contributed by atoms with Gasteiger partial charge in [0.25, 0.3) is 0 Å². The van der Waals surface area contributed by atoms with Gasteiger partial charge in [0.05, 0.1) is 5.50 Å². The molecular weight excluding hydrogens is 319 g/mol. The van der Waals surface area contributed by atoms with E-state index in [2.05, 4.69) is 4.99 Å². The Labute approximate surface area is 130 Å². The van der Waals surface area contributed by atoms with E-state index in [9.17, 15) is 18.0 Å². The Morgan fingerprint density at radius 2 is 2.18 bits per heavy atom. The third kappa shape index (κ3) is 4.20. The van der Waals surface area contributed by atoms with Gasteiger partial charge in [-0.15, -0.1) is 11.6 Å². The molecule has 2 rings (SSSR count). The van der Waals surface area contributed by atoms with Crippen LogP contribution in [0.1, 0.15) is 6.42 Å². The van der Waals surface area contributed by atoms with E-state index >= 15 is 0 Å². The quantitative estimate of drug-likeness (QED) is 0.473. The molecule has 1 aromatic rings. The Kier molecular flexibility index (Phi) is 5.08. The van der Waals surface area contributed by atoms with E-state index in [-0.39, 0.29) is 11.0 Å². The summed E-state index contributed by atoms with van der Waals surface area (Å²) in [6.45, 7) is 0.974. The molecule has 0 saturated carbocycles. The Balaban J connectivity index is 2.27. The first-order chi connectivity index (χ1) is 10.3. The third-order valence-corrected chi connectivity index (χ3v) is 3.79. The first kappa shape index (κ1) is 16.8. The minimum Gasteiger partial charge on any atom is -0.329 e. The summed E-state index contributed by atoms with van der Waals surface area (Å²) in [5, 5.41) is 0. The second-order valence-corrected chi connectivity index (χ2v) is 5.55. The van der Waals surface area contributed by atoms with Crippen molar-refractivity contribution in [3.8, 4) is 0 Å². The largest absolute Gasteiger partial charge is 0.473 e. The second kappa shape index (κ2) is 6.66. The summed E-state index contributed by atoms with van der Waals surface area (Å²) in [6.07, 6.45) is -0.748. The molecule has 2 heterocycles. The van der Waals surface area contributed by atoms with Crippen molar-refractivity contribution in [2.24, 2.45) is 4.99 Å². The summed E-state index contributed by atoms with van der Waals surface area (Å²) < 4.78 is 38.5. The van der Waals surface area contributed by atoms with Crippen molar-refractivity contribution in [2.75, 3.05) is 13.6 Å². The molecular formula is C14H15ClF3N3O. The number of alkyl halides is 4. The van der Waals surface area contributed by atoms with Crippen LogP contribution >= 0.6 is 11.6 Å². The number of pyridine rings is 1. The number of hydrogen-bond acceptors (Lipinski definition) is 2. The van der Waals surface area contributed by atoms with Gasteiger partial charge in [-0.05, 0) is 31.2 Å². The molecule has 0 aromatic carbocycles. The normalized spacial score (nSPS) is 20.9. The van der Waals surface area contributed by atoms with Crippen LogP contribution in [0.3, 0.4) is 0 Å². The van der Waals surface area contributed by atoms with E-state index in [1.165, 1.54) is 16.7 Å². The van der Waals surface area contributed by atoms with Crippen LogP contribution in [0.4, 0.5) is 13.2 Å². The van der Waals surface area contributed by atoms with E-state index in [4.69, 9.17) is 11.6 Å². The molecule has 120 valence electrons. The molecule has 0 spiro atoms. The van der Waals surface area contributed by atoms with Gasteiger partial charge in [-0.3, -0.25) is 9.69 Å². The van der Waals surface area contributed by atoms with Crippen molar-refractivity contribution in [1.82, 2.24) is 9.47 Å². The van der Waals surface area contributed by atoms with Gasteiger partial charge in [-0.25, -0.2) is 0 Å². The Morgan fingerprint density at radius 3 is 2.82 bits per heavy atom. The lowest BCUT2D eigenvalue weighted by Gasteiger charge is -2.28. The van der Waals surface area contributed by atoms with Crippen molar-refractivity contribution in [3.63, 3.8) is 0 Å². The molecule has 1 aromatic heterocycles. The van der Waals surface area contributed by atoms with Gasteiger partial charge in [-0.2, -0.15) is 18.2 Å². The Morgan fingerprint density at radius 1 is 1.45 bits per heavy atom. The lowest BCUT2D eigenvalue weighted by Crippen LogP contribution is -2.34. The maximum Gasteiger partial charge on any atom is 0.473 e. The highest BCUT2D eigenvalue weighted by molar-refractivity contribution is 6.20. The topological polar surface area (TPSA) is 37.6 Å². The SMILES string of the molecule is CN1CC(Cn2cccc/c2=N\C(=O)C(F)(F)F)=CCC1Cl. The summed E-state index contributed by atoms with van der Waals surface area (Å²) in [5.41, 5.74) is 0.897. The van der Waals surface area contributed by atoms with Gasteiger partial charge in [0.1, 0.15) is 5.49 Å². The Bertz CT molecular complexity index is 651. The van der Waals surface area contributed by atoms with Gasteiger partial charge in [-0.1, -0.05) is 12.1 Å². The fraction of sp³-hybridized carbons (Fsp3) is 0.429. The number of nitrogens with zero attached hydrogens (tertiary/aromatic N) is 3. The van der Waals surface area contributed by atoms with Gasteiger partial charge in [0.2, 0.25) is 0 Å². The minimum absolute atomic E-state index is 0.0265. The molecule has 1 aliphatic heterocycles. The molecule has 4 nitrogen and oxygen atoms in total. The highest BCUT2D eigenvalue weighted by Gasteiger charge is 2.38. The predicted molar refractivity (Wildman–Crippen MR) is 76.0 cm³/mol. The molecule has 0 saturated heterocycles. The fourth-order valence-electron chi connectivity index (χ4n) is 2.13. The molecule has 22 heavy (non-hydrogen) atoms. The molecule has 8 heteroatoms. The number of halogens is 4. The minimum atomic E-state index is -4.97. The van der Waals surface area contributed by atoms with E-state index in [0.717, 1.165) is 5.57 Å². The van der Waals surface area contributed by atoms with Gasteiger partial charge in [0.15, 0.2) is 0 Å². The first-order valence-electron chi connectivity index (χ1n) is 6.61. The zero-order valence-corrected chi connectivity index (χ0v) is 12.6. The lowest BCUT2D eigenvalue weighted by molar-refractivity contribution is -0.169. The van der Waals surface area contributed by atoms with E-state index in [1.54, 1.807) is 12.3 Å². The highest BCUT2D eigenvalue weighted by Crippen LogP contribution is 2.18. The van der Waals surface area contributed by atoms with Crippen LogP contribution in [-0.2, 0) is 11.3 Å². The lowest BCUT2D eigenvalue weighted by atomic mass is 10.1. The fourth-order valence-corrected chi connectivity index (χ4v) is 2.29. The van der Waals surface area contributed by atoms with Crippen LogP contribution in [0.5, 0.6) is 0 Å². The smallest absolute Gasteiger partial charge is 0.329 e. The number of likely N-dealkylation sites (N-methyl/N-ethyl adjacent to an activating group) is 1. The van der Waals surface area contributed by atoms with Crippen LogP contribution in [0.2, 0.25) is 0 Å². The average Bonchev–Trinajstić information content (AvgIpc) is 2.44. The van der Waals surface area contributed by atoms with Gasteiger partial charge < -0.3 is 4.57 Å². The van der Waals surface area contributed by atoms with Gasteiger partial charge in [0, 0.05) is 19.3 Å². The zero-order valence-electron chi connectivity index (χ0n) is 11.8. The van der Waals surface area contributed by atoms with Crippen molar-refractivity contribution < 1.29 is 18.0 Å². The second-order valence-electron chi connectivity index (χ2n) is 5.05. The summed E-state index contributed by atoms with van der Waals surface area (Å²) >= 11 is 6.07. The molecule has 0 radical (unpaired) electrons. The van der Waals surface area contributed by atoms with Gasteiger partial charge >= 0.3 is 12.1 Å². The molecule has 0 aliphatic carbocycles. The van der Waals surface area contributed by atoms with Crippen molar-refractivity contribution in [1.29, 1.82) is 0 Å². The molecule has 1 amide bonds. The number of carbonyl (C=O) groups excluding carboxylic acids is 1. The number of amides is 1. The molecule has 1 unspecified atom stereocenters. The van der Waals surface area contributed by atoms with Crippen LogP contribution in [0.15, 0.2) is 41.0 Å². The summed E-state index contributed by atoms with van der Waals surface area (Å²) in [7, 11) is 1.87.